The molecular weight excluding hydrogens is 583 g/mol. The minimum absolute atomic E-state index is 0.677. The molecule has 0 spiro atoms. The van der Waals surface area contributed by atoms with Gasteiger partial charge in [-0.25, -0.2) is 0 Å². The van der Waals surface area contributed by atoms with Crippen LogP contribution < -0.4 is 0 Å². The average Bonchev–Trinajstić information content (AvgIpc) is 3.06. The molecule has 0 aliphatic heterocycles. The van der Waals surface area contributed by atoms with Crippen LogP contribution in [0.25, 0.3) is 0 Å². The zero-order valence-corrected chi connectivity index (χ0v) is 33.3. The van der Waals surface area contributed by atoms with Gasteiger partial charge in [0.1, 0.15) is 0 Å². The number of hydrogen-bond acceptors (Lipinski definition) is 3. The summed E-state index contributed by atoms with van der Waals surface area (Å²) in [5.41, 5.74) is 0. The molecule has 280 valence electrons. The molecule has 0 aliphatic carbocycles. The summed E-state index contributed by atoms with van der Waals surface area (Å²) in [5.74, 6) is 0. The third kappa shape index (κ3) is 37.1. The van der Waals surface area contributed by atoms with Gasteiger partial charge >= 0.3 is 240 Å². The van der Waals surface area contributed by atoms with Crippen molar-refractivity contribution in [1.82, 2.24) is 0 Å². The van der Waals surface area contributed by atoms with E-state index in [1.807, 2.05) is 0 Å². The van der Waals surface area contributed by atoms with Crippen molar-refractivity contribution in [2.24, 2.45) is 0 Å². The van der Waals surface area contributed by atoms with E-state index in [4.69, 9.17) is 9.05 Å². The Morgan fingerprint density at radius 3 is 0.717 bits per heavy atom. The Bertz CT molecular complexity index is 513. The first kappa shape index (κ1) is 46.3. The Labute approximate surface area is 292 Å². The molecule has 0 rings (SSSR count). The Kier molecular flexibility index (Phi) is 40.0. The predicted molar refractivity (Wildman–Crippen MR) is 211 cm³/mol. The van der Waals surface area contributed by atoms with Crippen LogP contribution in [-0.4, -0.2) is 24.3 Å². The summed E-state index contributed by atoms with van der Waals surface area (Å²) in [5, 5.41) is 0. The standard InChI is InChI=1S/C42H89O3P/c1-4-7-10-13-16-19-22-25-28-31-34-37-40-44-46(43,42-39-36-33-30-27-24-21-18-15-12-9-6-3)45-41-38-35-32-29-26-23-20-17-14-11-8-5-2/h43,46H,4-42H2,1-3H3. The van der Waals surface area contributed by atoms with Crippen molar-refractivity contribution < 1.29 is 13.9 Å². The van der Waals surface area contributed by atoms with Crippen LogP contribution in [0.5, 0.6) is 0 Å². The number of unbranched alkanes of at least 4 members (excludes halogenated alkanes) is 33. The first-order valence-corrected chi connectivity index (χ1v) is 23.7. The molecule has 46 heavy (non-hydrogen) atoms. The second-order valence-corrected chi connectivity index (χ2v) is 17.3. The molecule has 0 heterocycles. The van der Waals surface area contributed by atoms with Gasteiger partial charge in [-0.05, 0) is 0 Å². The molecule has 0 aromatic heterocycles. The quantitative estimate of drug-likeness (QED) is 0.0519. The van der Waals surface area contributed by atoms with Gasteiger partial charge in [0.2, 0.25) is 0 Å². The molecule has 4 heteroatoms. The van der Waals surface area contributed by atoms with E-state index >= 15 is 0 Å². The molecule has 0 amide bonds. The zero-order chi connectivity index (χ0) is 33.5. The van der Waals surface area contributed by atoms with Crippen molar-refractivity contribution in [2.45, 2.75) is 252 Å². The number of rotatable bonds is 41. The Morgan fingerprint density at radius 2 is 0.478 bits per heavy atom. The average molecular weight is 673 g/mol. The van der Waals surface area contributed by atoms with E-state index < -0.39 is 7.94 Å². The number of hydrogen-bond donors (Lipinski definition) is 1. The topological polar surface area (TPSA) is 38.7 Å². The van der Waals surface area contributed by atoms with Crippen LogP contribution in [0.1, 0.15) is 252 Å². The second-order valence-electron chi connectivity index (χ2n) is 14.8. The van der Waals surface area contributed by atoms with Crippen molar-refractivity contribution in [3.05, 3.63) is 0 Å². The van der Waals surface area contributed by atoms with E-state index in [9.17, 15) is 4.89 Å². The van der Waals surface area contributed by atoms with Gasteiger partial charge in [0.25, 0.3) is 0 Å². The SMILES string of the molecule is CCCCCCCCCCCCCCO[PH](O)(CCCCCCCCCCCCCC)OCCCCCCCCCCCCCC. The van der Waals surface area contributed by atoms with Gasteiger partial charge in [0, 0.05) is 0 Å². The molecule has 0 fully saturated rings. The van der Waals surface area contributed by atoms with Crippen molar-refractivity contribution in [2.75, 3.05) is 19.4 Å². The van der Waals surface area contributed by atoms with Gasteiger partial charge in [-0.1, -0.05) is 52.9 Å². The Morgan fingerprint density at radius 1 is 0.283 bits per heavy atom. The molecule has 0 aromatic carbocycles. The van der Waals surface area contributed by atoms with Crippen LogP contribution in [0.3, 0.4) is 0 Å². The smallest absolute Gasteiger partial charge is 0.0654 e. The van der Waals surface area contributed by atoms with Crippen molar-refractivity contribution in [3.63, 3.8) is 0 Å². The molecule has 0 unspecified atom stereocenters. The first-order chi connectivity index (χ1) is 22.7. The molecule has 0 aromatic rings. The van der Waals surface area contributed by atoms with Gasteiger partial charge in [-0.15, -0.1) is 0 Å². The summed E-state index contributed by atoms with van der Waals surface area (Å²) in [4.78, 5) is 11.4. The van der Waals surface area contributed by atoms with E-state index in [0.29, 0.717) is 13.2 Å². The summed E-state index contributed by atoms with van der Waals surface area (Å²) in [7, 11) is -3.05. The minimum atomic E-state index is -3.05. The minimum Gasteiger partial charge on any atom is -0.0654 e. The fourth-order valence-electron chi connectivity index (χ4n) is 6.72. The van der Waals surface area contributed by atoms with E-state index in [1.54, 1.807) is 0 Å². The second kappa shape index (κ2) is 39.7. The summed E-state index contributed by atoms with van der Waals surface area (Å²) in [6.45, 7) is 8.23. The van der Waals surface area contributed by atoms with Crippen LogP contribution in [0.4, 0.5) is 0 Å². The van der Waals surface area contributed by atoms with Crippen molar-refractivity contribution in [1.29, 1.82) is 0 Å². The fraction of sp³-hybridized carbons (Fsp3) is 1.00. The maximum atomic E-state index is 11.4. The Hall–Kier alpha value is 0.310. The summed E-state index contributed by atoms with van der Waals surface area (Å²) >= 11 is 0. The van der Waals surface area contributed by atoms with Crippen LogP contribution in [0.15, 0.2) is 0 Å². The van der Waals surface area contributed by atoms with Gasteiger partial charge in [0.05, 0.1) is 0 Å². The molecule has 3 nitrogen and oxygen atoms in total. The molecule has 0 bridgehead atoms. The molecule has 0 radical (unpaired) electrons. The van der Waals surface area contributed by atoms with Crippen LogP contribution in [-0.2, 0) is 9.05 Å². The van der Waals surface area contributed by atoms with Crippen LogP contribution in [0, 0.1) is 0 Å². The summed E-state index contributed by atoms with van der Waals surface area (Å²) in [6, 6.07) is 0. The summed E-state index contributed by atoms with van der Waals surface area (Å²) in [6.07, 6.45) is 49.2. The van der Waals surface area contributed by atoms with Gasteiger partial charge in [-0.3, -0.25) is 0 Å². The third-order valence-electron chi connectivity index (χ3n) is 10.00. The first-order valence-electron chi connectivity index (χ1n) is 21.7. The monoisotopic (exact) mass is 673 g/mol. The van der Waals surface area contributed by atoms with Gasteiger partial charge in [-0.2, -0.15) is 0 Å². The maximum absolute atomic E-state index is 11.4. The van der Waals surface area contributed by atoms with Gasteiger partial charge < -0.3 is 0 Å². The molecule has 0 aliphatic rings. The van der Waals surface area contributed by atoms with E-state index in [0.717, 1.165) is 25.4 Å². The van der Waals surface area contributed by atoms with Crippen LogP contribution in [0.2, 0.25) is 0 Å². The van der Waals surface area contributed by atoms with Crippen molar-refractivity contribution >= 4 is 7.94 Å². The fourth-order valence-corrected chi connectivity index (χ4v) is 8.72. The molecule has 0 saturated heterocycles. The van der Waals surface area contributed by atoms with E-state index in [2.05, 4.69) is 20.8 Å². The third-order valence-corrected chi connectivity index (χ3v) is 12.3. The molecular formula is C42H89O3P. The van der Waals surface area contributed by atoms with E-state index in [1.165, 1.54) is 212 Å². The molecule has 0 saturated carbocycles. The Balaban J connectivity index is 4.07. The molecule has 1 N–H and O–H groups in total. The van der Waals surface area contributed by atoms with Crippen LogP contribution >= 0.6 is 7.94 Å². The van der Waals surface area contributed by atoms with E-state index in [-0.39, 0.29) is 0 Å². The molecule has 0 atom stereocenters. The van der Waals surface area contributed by atoms with Crippen molar-refractivity contribution in [3.8, 4) is 0 Å². The zero-order valence-electron chi connectivity index (χ0n) is 32.3. The summed E-state index contributed by atoms with van der Waals surface area (Å²) < 4.78 is 12.4. The normalized spacial score (nSPS) is 12.3. The van der Waals surface area contributed by atoms with Gasteiger partial charge in [0.15, 0.2) is 0 Å². The predicted octanol–water partition coefficient (Wildman–Crippen LogP) is 15.6.